The molecule has 16 rings (SSSR count). The maximum atomic E-state index is 11.3. The number of ether oxygens (including phenoxy) is 7. The van der Waals surface area contributed by atoms with E-state index in [-0.39, 0.29) is 130 Å². The van der Waals surface area contributed by atoms with E-state index < -0.39 is 49.1 Å². The fraction of sp³-hybridized carbons (Fsp3) is 0.340. The van der Waals surface area contributed by atoms with E-state index >= 15 is 0 Å². The molecule has 0 saturated heterocycles. The Kier molecular flexibility index (Phi) is 42.6. The van der Waals surface area contributed by atoms with Gasteiger partial charge in [0.25, 0.3) is 0 Å². The van der Waals surface area contributed by atoms with Crippen molar-refractivity contribution in [1.29, 1.82) is 0 Å². The van der Waals surface area contributed by atoms with Crippen molar-refractivity contribution in [1.82, 2.24) is 0 Å². The molecule has 0 saturated carbocycles. The van der Waals surface area contributed by atoms with Crippen LogP contribution in [0.5, 0.6) is 46.0 Å². The fourth-order valence-corrected chi connectivity index (χ4v) is 15.3. The van der Waals surface area contributed by atoms with E-state index in [0.29, 0.717) is 113 Å². The average molecular weight is 2270 g/mol. The third kappa shape index (κ3) is 28.4. The molecule has 8 aromatic carbocycles. The summed E-state index contributed by atoms with van der Waals surface area (Å²) in [6.07, 6.45) is 2.19. The minimum Gasteiger partial charge on any atom is -0.504 e. The largest absolute Gasteiger partial charge is 0.504 e. The molecule has 0 fully saturated rings. The number of hydrogen-bond acceptors (Lipinski definition) is 28. The van der Waals surface area contributed by atoms with Crippen LogP contribution in [0.2, 0.25) is 0 Å². The zero-order valence-corrected chi connectivity index (χ0v) is 88.3. The van der Waals surface area contributed by atoms with E-state index in [1.807, 2.05) is 146 Å². The van der Waals surface area contributed by atoms with Gasteiger partial charge in [0.05, 0.1) is 78.6 Å². The van der Waals surface area contributed by atoms with Crippen LogP contribution < -0.4 is 23.7 Å². The van der Waals surface area contributed by atoms with E-state index in [9.17, 15) is 65.1 Å². The summed E-state index contributed by atoms with van der Waals surface area (Å²) in [6, 6.07) is 43.7. The van der Waals surface area contributed by atoms with Crippen molar-refractivity contribution < 1.29 is 227 Å². The van der Waals surface area contributed by atoms with Crippen molar-refractivity contribution in [3.63, 3.8) is 0 Å². The molecule has 16 aromatic rings. The zero-order valence-electron chi connectivity index (χ0n) is 78.9. The van der Waals surface area contributed by atoms with Crippen LogP contribution in [0.15, 0.2) is 181 Å². The number of aldehydes is 1. The number of aromatic hydroxyl groups is 3. The Morgan fingerprint density at radius 2 is 0.507 bits per heavy atom. The van der Waals surface area contributed by atoms with Crippen LogP contribution in [0.3, 0.4) is 0 Å². The summed E-state index contributed by atoms with van der Waals surface area (Å²) in [5.41, 5.74) is 12.4. The predicted octanol–water partition coefficient (Wildman–Crippen LogP) is 19.1. The Morgan fingerprint density at radius 3 is 0.754 bits per heavy atom. The number of carbonyl (C=O) groups excluding carboxylic acids is 3. The van der Waals surface area contributed by atoms with E-state index in [0.717, 1.165) is 146 Å². The molecule has 134 heavy (non-hydrogen) atoms. The summed E-state index contributed by atoms with van der Waals surface area (Å²) in [5, 5.41) is 101. The van der Waals surface area contributed by atoms with Crippen LogP contribution >= 0.6 is 0 Å². The molecule has 6 unspecified atom stereocenters. The second-order valence-corrected chi connectivity index (χ2v) is 31.8. The van der Waals surface area contributed by atoms with E-state index in [4.69, 9.17) is 64.1 Å². The van der Waals surface area contributed by atoms with Gasteiger partial charge in [0.15, 0.2) is 104 Å². The number of furan rings is 8. The number of methoxy groups -OCH3 is 5. The summed E-state index contributed by atoms with van der Waals surface area (Å²) < 4.78 is 80.1. The van der Waals surface area contributed by atoms with Gasteiger partial charge in [-0.05, 0) is 145 Å². The molecule has 2 radical (unpaired) electrons. The van der Waals surface area contributed by atoms with E-state index in [2.05, 4.69) is 9.47 Å². The number of carboxylic acid groups (broad SMARTS) is 1. The molecule has 31 heteroatoms. The van der Waals surface area contributed by atoms with Gasteiger partial charge in [-0.15, -0.1) is 0 Å². The smallest absolute Gasteiger partial charge is 0.343 e. The minimum absolute atomic E-state index is 0. The van der Waals surface area contributed by atoms with E-state index in [1.165, 1.54) is 14.2 Å². The molecule has 0 amide bonds. The molecule has 0 aliphatic carbocycles. The quantitative estimate of drug-likeness (QED) is 0.0188. The van der Waals surface area contributed by atoms with Crippen LogP contribution in [-0.4, -0.2) is 161 Å². The van der Waals surface area contributed by atoms with Gasteiger partial charge in [-0.1, -0.05) is 97.1 Å². The van der Waals surface area contributed by atoms with Gasteiger partial charge >= 0.3 is 17.9 Å². The second kappa shape index (κ2) is 51.8. The molecule has 0 aliphatic heterocycles. The van der Waals surface area contributed by atoms with E-state index in [1.54, 1.807) is 117 Å². The van der Waals surface area contributed by atoms with Crippen molar-refractivity contribution in [2.75, 3.05) is 48.8 Å². The molecule has 0 spiro atoms. The van der Waals surface area contributed by atoms with Crippen LogP contribution in [0.4, 0.5) is 0 Å². The number of phenolic OH excluding ortho intramolecular Hbond substituents is 3. The van der Waals surface area contributed by atoms with Crippen molar-refractivity contribution in [3.8, 4) is 46.0 Å². The summed E-state index contributed by atoms with van der Waals surface area (Å²) in [6.45, 7) is 24.7. The predicted molar refractivity (Wildman–Crippen MR) is 501 cm³/mol. The van der Waals surface area contributed by atoms with Crippen molar-refractivity contribution in [3.05, 3.63) is 236 Å². The summed E-state index contributed by atoms with van der Waals surface area (Å²) in [4.78, 5) is 43.5. The summed E-state index contributed by atoms with van der Waals surface area (Å²) >= 11 is 0. The Morgan fingerprint density at radius 1 is 0.299 bits per heavy atom. The zero-order chi connectivity index (χ0) is 96.6. The normalized spacial score (nSPS) is 12.2. The van der Waals surface area contributed by atoms with Gasteiger partial charge in [0, 0.05) is 221 Å². The summed E-state index contributed by atoms with van der Waals surface area (Å²) in [7, 11) is 7.50. The minimum atomic E-state index is -1.04. The number of para-hydroxylation sites is 8. The number of aryl methyl sites for hydroxylation is 8. The Hall–Kier alpha value is -10.8. The molecule has 710 valence electrons. The monoisotopic (exact) mass is 2270 g/mol. The SMILES string of the molecule is COC(=O)COc1cccc2c(CC(C)O)c(C)oc12.COC(=O)Cc1c(C)oc2c(OC)cccc12.COc1cccc2c(CC(C)O)c(C)oc12.COc1cccc2c(CC=O)c(C)oc12.Cc1oc2c(O)cccc2c1CC(C)O.Cc1oc2c(O)cccc2c1CC(C)O.Cc1oc2c(O)cccc2c1CC(C)O.Cc1oc2c(OCC(=O)O)cccc2c1CC(C)O.[Ac].[Ac]. The van der Waals surface area contributed by atoms with Crippen molar-refractivity contribution >= 4 is 112 Å². The first-order valence-corrected chi connectivity index (χ1v) is 42.8. The molecule has 0 bridgehead atoms. The van der Waals surface area contributed by atoms with Gasteiger partial charge < -0.3 is 124 Å². The maximum Gasteiger partial charge on any atom is 0.343 e. The first-order chi connectivity index (χ1) is 62.9. The molecule has 29 nitrogen and oxygen atoms in total. The molecule has 8 aromatic heterocycles. The number of aliphatic hydroxyl groups excluding tert-OH is 6. The van der Waals surface area contributed by atoms with Crippen LogP contribution in [0.25, 0.3) is 87.8 Å². The van der Waals surface area contributed by atoms with Gasteiger partial charge in [-0.3, -0.25) is 4.79 Å². The number of carboxylic acids is 1. The Bertz CT molecular complexity index is 6350. The number of carbonyl (C=O) groups is 4. The first kappa shape index (κ1) is 110. The van der Waals surface area contributed by atoms with Gasteiger partial charge in [-0.2, -0.15) is 0 Å². The first-order valence-electron chi connectivity index (χ1n) is 42.8. The van der Waals surface area contributed by atoms with Crippen molar-refractivity contribution in [2.24, 2.45) is 0 Å². The van der Waals surface area contributed by atoms with Crippen LogP contribution in [0.1, 0.15) is 132 Å². The average Bonchev–Trinajstić information content (AvgIpc) is 1.69. The van der Waals surface area contributed by atoms with Crippen molar-refractivity contribution in [2.45, 2.75) is 185 Å². The summed E-state index contributed by atoms with van der Waals surface area (Å²) in [5.74, 6) is 7.74. The standard InChI is InChI=1S/C15H18O5.C14H16O5.C13H14O4.C13H16O3.C12H12O3.3C12H14O3.2Ac/c1-9(16)7-12-10(2)20-15-11(12)5-4-6-13(15)19-8-14(17)18-3;1-8(15)6-11-9(2)19-14-10(11)4-3-5-12(14)18-7-13(16)17;1-8-10(7-12(14)16-3)9-5-4-6-11(15-2)13(9)17-8;1-8(14)7-11-9(2)16-13-10(11)5-4-6-12(13)15-3;1-8-9(6-7-13)10-4-3-5-11(14-2)12(10)15-8;3*1-7(13)6-10-8(2)15-12-9(10)4-3-5-11(12)14;;/h4-6,9,16H,7-8H2,1-3H3;3-5,8,15H,6-7H2,1-2H3,(H,16,17);4-6H,7H2,1-3H3;4-6,8,14H,7H2,1-3H3;3-5,7H,6H2,1-2H3;3*3-5,7,13-14H,6H2,1-2H3;;. The number of aliphatic hydroxyl groups is 6. The topological polar surface area (TPSA) is 440 Å². The Balaban J connectivity index is 0.000000209. The molecular formula is C103H118Ac2O29. The number of rotatable bonds is 25. The third-order valence-corrected chi connectivity index (χ3v) is 21.3. The number of aliphatic carboxylic acids is 1. The number of phenols is 3. The van der Waals surface area contributed by atoms with Gasteiger partial charge in [0.2, 0.25) is 0 Å². The third-order valence-electron chi connectivity index (χ3n) is 21.3. The van der Waals surface area contributed by atoms with Crippen LogP contribution in [-0.2, 0) is 80.0 Å². The molecular weight excluding hydrogens is 2160 g/mol. The number of esters is 2. The van der Waals surface area contributed by atoms with Gasteiger partial charge in [-0.25, -0.2) is 9.59 Å². The number of fused-ring (bicyclic) bond motifs is 8. The number of benzene rings is 8. The molecule has 0 aliphatic rings. The molecule has 6 atom stereocenters. The fourth-order valence-electron chi connectivity index (χ4n) is 15.3. The Labute approximate surface area is 846 Å². The second-order valence-electron chi connectivity index (χ2n) is 31.8. The van der Waals surface area contributed by atoms with Crippen LogP contribution in [0, 0.1) is 144 Å². The molecule has 8 heterocycles. The maximum absolute atomic E-state index is 11.3. The van der Waals surface area contributed by atoms with Gasteiger partial charge in [0.1, 0.15) is 52.4 Å². The molecule has 10 N–H and O–H groups in total. The number of hydrogen-bond donors (Lipinski definition) is 10.